The molecule has 7 nitrogen and oxygen atoms in total. The maximum atomic E-state index is 10.9. The van der Waals surface area contributed by atoms with Gasteiger partial charge in [0.2, 0.25) is 11.8 Å². The predicted octanol–water partition coefficient (Wildman–Crippen LogP) is 0.924. The summed E-state index contributed by atoms with van der Waals surface area (Å²) in [5.41, 5.74) is 0.760. The van der Waals surface area contributed by atoms with Gasteiger partial charge in [-0.25, -0.2) is 9.78 Å². The fraction of sp³-hybridized carbons (Fsp3) is 0.455. The van der Waals surface area contributed by atoms with Crippen LogP contribution in [0.4, 0.5) is 5.13 Å². The molecule has 2 amide bonds. The molecule has 0 spiro atoms. The Kier molecular flexibility index (Phi) is 6.46. The quantitative estimate of drug-likeness (QED) is 0.690. The molecule has 0 aliphatic rings. The van der Waals surface area contributed by atoms with Crippen molar-refractivity contribution in [3.8, 4) is 0 Å². The van der Waals surface area contributed by atoms with Crippen molar-refractivity contribution in [2.45, 2.75) is 25.6 Å². The smallest absolute Gasteiger partial charge is 0.327 e. The standard InChI is InChI=1S/C11H15N3O4S2/c1-6(15)12-9(10(17)18)5-19-3-8-4-20-11(14-8)13-7(2)16/h4,9H,3,5H2,1-2H3,(H,12,15)(H,17,18)(H,13,14,16). The van der Waals surface area contributed by atoms with Gasteiger partial charge >= 0.3 is 5.97 Å². The van der Waals surface area contributed by atoms with Crippen LogP contribution in [0.5, 0.6) is 0 Å². The summed E-state index contributed by atoms with van der Waals surface area (Å²) < 4.78 is 0. The summed E-state index contributed by atoms with van der Waals surface area (Å²) in [7, 11) is 0. The molecule has 1 rings (SSSR count). The number of rotatable bonds is 7. The zero-order valence-corrected chi connectivity index (χ0v) is 12.6. The number of carboxylic acid groups (broad SMARTS) is 1. The van der Waals surface area contributed by atoms with E-state index in [0.29, 0.717) is 10.9 Å². The molecule has 0 saturated carbocycles. The summed E-state index contributed by atoms with van der Waals surface area (Å²) >= 11 is 2.66. The Morgan fingerprint density at radius 2 is 2.10 bits per heavy atom. The van der Waals surface area contributed by atoms with Crippen molar-refractivity contribution in [2.75, 3.05) is 11.1 Å². The number of carbonyl (C=O) groups excluding carboxylic acids is 2. The lowest BCUT2D eigenvalue weighted by Crippen LogP contribution is -2.41. The van der Waals surface area contributed by atoms with Crippen molar-refractivity contribution in [2.24, 2.45) is 0 Å². The Hall–Kier alpha value is -1.61. The number of thiazole rings is 1. The first kappa shape index (κ1) is 16.4. The molecule has 0 radical (unpaired) electrons. The average molecular weight is 317 g/mol. The minimum Gasteiger partial charge on any atom is -0.480 e. The van der Waals surface area contributed by atoms with E-state index < -0.39 is 12.0 Å². The van der Waals surface area contributed by atoms with E-state index in [1.165, 1.54) is 36.9 Å². The largest absolute Gasteiger partial charge is 0.480 e. The van der Waals surface area contributed by atoms with Gasteiger partial charge in [0.15, 0.2) is 5.13 Å². The van der Waals surface area contributed by atoms with Crippen LogP contribution < -0.4 is 10.6 Å². The van der Waals surface area contributed by atoms with Crippen molar-refractivity contribution in [1.29, 1.82) is 0 Å². The highest BCUT2D eigenvalue weighted by Crippen LogP contribution is 2.19. The van der Waals surface area contributed by atoms with E-state index in [1.54, 1.807) is 5.38 Å². The van der Waals surface area contributed by atoms with Crippen molar-refractivity contribution in [1.82, 2.24) is 10.3 Å². The summed E-state index contributed by atoms with van der Waals surface area (Å²) in [5.74, 6) is -0.860. The van der Waals surface area contributed by atoms with Gasteiger partial charge in [0.25, 0.3) is 0 Å². The number of aliphatic carboxylic acids is 1. The second-order valence-corrected chi connectivity index (χ2v) is 5.82. The molecule has 0 aromatic carbocycles. The summed E-state index contributed by atoms with van der Waals surface area (Å²) in [6.07, 6.45) is 0. The molecule has 110 valence electrons. The van der Waals surface area contributed by atoms with Gasteiger partial charge < -0.3 is 15.7 Å². The Bertz CT molecular complexity index is 504. The molecule has 1 aromatic heterocycles. The third-order valence-electron chi connectivity index (χ3n) is 2.04. The highest BCUT2D eigenvalue weighted by molar-refractivity contribution is 7.98. The van der Waals surface area contributed by atoms with Gasteiger partial charge in [-0.3, -0.25) is 9.59 Å². The lowest BCUT2D eigenvalue weighted by molar-refractivity contribution is -0.140. The number of nitrogens with zero attached hydrogens (tertiary/aromatic N) is 1. The van der Waals surface area contributed by atoms with Crippen LogP contribution >= 0.6 is 23.1 Å². The molecule has 1 aromatic rings. The number of anilines is 1. The number of aromatic nitrogens is 1. The Balaban J connectivity index is 2.42. The summed E-state index contributed by atoms with van der Waals surface area (Å²) in [6.45, 7) is 2.68. The van der Waals surface area contributed by atoms with Crippen LogP contribution in [0.15, 0.2) is 5.38 Å². The summed E-state index contributed by atoms with van der Waals surface area (Å²) in [4.78, 5) is 36.8. The molecule has 3 N–H and O–H groups in total. The van der Waals surface area contributed by atoms with Gasteiger partial charge in [-0.05, 0) is 0 Å². The molecule has 0 bridgehead atoms. The number of carbonyl (C=O) groups is 3. The zero-order valence-electron chi connectivity index (χ0n) is 11.0. The third-order valence-corrected chi connectivity index (χ3v) is 3.92. The SMILES string of the molecule is CC(=O)Nc1nc(CSCC(NC(C)=O)C(=O)O)cs1. The fourth-order valence-corrected chi connectivity index (χ4v) is 3.08. The number of amides is 2. The van der Waals surface area contributed by atoms with Gasteiger partial charge in [0, 0.05) is 30.7 Å². The van der Waals surface area contributed by atoms with Gasteiger partial charge in [0.05, 0.1) is 5.69 Å². The van der Waals surface area contributed by atoms with E-state index in [0.717, 1.165) is 5.69 Å². The van der Waals surface area contributed by atoms with E-state index >= 15 is 0 Å². The molecule has 1 heterocycles. The number of thioether (sulfide) groups is 1. The molecular weight excluding hydrogens is 302 g/mol. The minimum atomic E-state index is -1.06. The van der Waals surface area contributed by atoms with Crippen molar-refractivity contribution in [3.05, 3.63) is 11.1 Å². The second kappa shape index (κ2) is 7.85. The van der Waals surface area contributed by atoms with Crippen molar-refractivity contribution < 1.29 is 19.5 Å². The zero-order chi connectivity index (χ0) is 15.1. The lowest BCUT2D eigenvalue weighted by Gasteiger charge is -2.11. The van der Waals surface area contributed by atoms with Crippen LogP contribution in [0.1, 0.15) is 19.5 Å². The van der Waals surface area contributed by atoms with Crippen LogP contribution in [-0.4, -0.2) is 39.7 Å². The topological polar surface area (TPSA) is 108 Å². The first-order chi connectivity index (χ1) is 9.38. The van der Waals surface area contributed by atoms with Crippen LogP contribution in [-0.2, 0) is 20.1 Å². The third kappa shape index (κ3) is 6.02. The molecule has 0 fully saturated rings. The molecule has 9 heteroatoms. The Morgan fingerprint density at radius 1 is 1.40 bits per heavy atom. The van der Waals surface area contributed by atoms with Crippen LogP contribution in [0.3, 0.4) is 0 Å². The number of hydrogen-bond acceptors (Lipinski definition) is 6. The molecule has 1 atom stereocenters. The monoisotopic (exact) mass is 317 g/mol. The lowest BCUT2D eigenvalue weighted by atomic mass is 10.3. The van der Waals surface area contributed by atoms with Gasteiger partial charge in [-0.1, -0.05) is 0 Å². The molecule has 1 unspecified atom stereocenters. The molecule has 0 aliphatic heterocycles. The normalized spacial score (nSPS) is 11.7. The summed E-state index contributed by atoms with van der Waals surface area (Å²) in [6, 6.07) is -0.911. The maximum Gasteiger partial charge on any atom is 0.327 e. The van der Waals surface area contributed by atoms with Crippen LogP contribution in [0.25, 0.3) is 0 Å². The fourth-order valence-electron chi connectivity index (χ4n) is 1.28. The van der Waals surface area contributed by atoms with Crippen molar-refractivity contribution >= 4 is 46.0 Å². The molecule has 20 heavy (non-hydrogen) atoms. The highest BCUT2D eigenvalue weighted by Gasteiger charge is 2.18. The minimum absolute atomic E-state index is 0.185. The van der Waals surface area contributed by atoms with Gasteiger partial charge in [-0.15, -0.1) is 11.3 Å². The van der Waals surface area contributed by atoms with E-state index in [1.807, 2.05) is 0 Å². The van der Waals surface area contributed by atoms with E-state index in [9.17, 15) is 14.4 Å². The molecular formula is C11H15N3O4S2. The average Bonchev–Trinajstić information content (AvgIpc) is 2.73. The Labute approximate surface area is 124 Å². The second-order valence-electron chi connectivity index (χ2n) is 3.93. The van der Waals surface area contributed by atoms with E-state index in [2.05, 4.69) is 15.6 Å². The Morgan fingerprint density at radius 3 is 2.65 bits per heavy atom. The predicted molar refractivity (Wildman–Crippen MR) is 77.8 cm³/mol. The number of nitrogens with one attached hydrogen (secondary N) is 2. The number of carboxylic acids is 1. The van der Waals surface area contributed by atoms with Crippen molar-refractivity contribution in [3.63, 3.8) is 0 Å². The molecule has 0 aliphatic carbocycles. The maximum absolute atomic E-state index is 10.9. The van der Waals surface area contributed by atoms with E-state index in [4.69, 9.17) is 5.11 Å². The molecule has 0 saturated heterocycles. The number of hydrogen-bond donors (Lipinski definition) is 3. The van der Waals surface area contributed by atoms with E-state index in [-0.39, 0.29) is 17.6 Å². The van der Waals surface area contributed by atoms with Crippen LogP contribution in [0.2, 0.25) is 0 Å². The summed E-state index contributed by atoms with van der Waals surface area (Å²) in [5, 5.41) is 16.2. The van der Waals surface area contributed by atoms with Gasteiger partial charge in [0.1, 0.15) is 6.04 Å². The van der Waals surface area contributed by atoms with Gasteiger partial charge in [-0.2, -0.15) is 11.8 Å². The first-order valence-electron chi connectivity index (χ1n) is 5.68. The highest BCUT2D eigenvalue weighted by atomic mass is 32.2. The van der Waals surface area contributed by atoms with Crippen LogP contribution in [0, 0.1) is 0 Å². The first-order valence-corrected chi connectivity index (χ1v) is 7.71.